The summed E-state index contributed by atoms with van der Waals surface area (Å²) < 4.78 is 12.8. The molecule has 0 aliphatic carbocycles. The van der Waals surface area contributed by atoms with Crippen LogP contribution >= 0.6 is 0 Å². The van der Waals surface area contributed by atoms with Gasteiger partial charge in [0.05, 0.1) is 16.0 Å². The fraction of sp³-hybridized carbons (Fsp3) is 0.333. The van der Waals surface area contributed by atoms with Crippen molar-refractivity contribution in [3.05, 3.63) is 64.7 Å². The Morgan fingerprint density at radius 2 is 1.52 bits per heavy atom. The molecule has 21 heavy (non-hydrogen) atoms. The summed E-state index contributed by atoms with van der Waals surface area (Å²) in [5.74, 6) is 0. The molecule has 3 heteroatoms. The quantitative estimate of drug-likeness (QED) is 0.933. The zero-order valence-electron chi connectivity index (χ0n) is 13.1. The maximum atomic E-state index is 12.8. The van der Waals surface area contributed by atoms with E-state index in [4.69, 9.17) is 5.73 Å². The second kappa shape index (κ2) is 6.54. The molecule has 0 aliphatic rings. The lowest BCUT2D eigenvalue weighted by molar-refractivity contribution is 0.642. The monoisotopic (exact) mass is 301 g/mol. The molecule has 2 nitrogen and oxygen atoms in total. The molecule has 0 heterocycles. The van der Waals surface area contributed by atoms with Gasteiger partial charge in [0.2, 0.25) is 0 Å². The number of rotatable bonds is 4. The average molecular weight is 301 g/mol. The summed E-state index contributed by atoms with van der Waals surface area (Å²) in [6, 6.07) is 13.9. The molecule has 2 rings (SSSR count). The van der Waals surface area contributed by atoms with Gasteiger partial charge >= 0.3 is 0 Å². The van der Waals surface area contributed by atoms with E-state index in [0.29, 0.717) is 0 Å². The van der Waals surface area contributed by atoms with E-state index < -0.39 is 10.8 Å². The third kappa shape index (κ3) is 3.60. The van der Waals surface area contributed by atoms with Gasteiger partial charge in [-0.3, -0.25) is 4.21 Å². The van der Waals surface area contributed by atoms with Crippen LogP contribution in [0, 0.1) is 20.8 Å². The molecule has 0 aliphatic heterocycles. The molecule has 0 aromatic heterocycles. The van der Waals surface area contributed by atoms with Gasteiger partial charge in [-0.2, -0.15) is 0 Å². The molecule has 0 radical (unpaired) electrons. The highest BCUT2D eigenvalue weighted by Crippen LogP contribution is 2.25. The Labute approximate surface area is 129 Å². The first-order chi connectivity index (χ1) is 9.90. The minimum atomic E-state index is -1.11. The van der Waals surface area contributed by atoms with Crippen molar-refractivity contribution in [2.75, 3.05) is 0 Å². The zero-order chi connectivity index (χ0) is 15.6. The molecule has 2 aromatic carbocycles. The second-order valence-electron chi connectivity index (χ2n) is 5.71. The standard InChI is InChI=1S/C18H23NOS/c1-12-5-8-16(9-6-12)18(19)15(4)21(20)17-10-7-13(2)11-14(17)3/h5-11,15,18H,19H2,1-4H3. The summed E-state index contributed by atoms with van der Waals surface area (Å²) in [7, 11) is -1.11. The van der Waals surface area contributed by atoms with E-state index in [1.165, 1.54) is 11.1 Å². The smallest absolute Gasteiger partial charge is 0.0579 e. The Morgan fingerprint density at radius 1 is 0.952 bits per heavy atom. The van der Waals surface area contributed by atoms with Crippen molar-refractivity contribution in [1.29, 1.82) is 0 Å². The normalized spacial score (nSPS) is 15.5. The van der Waals surface area contributed by atoms with Gasteiger partial charge in [-0.05, 0) is 44.9 Å². The number of hydrogen-bond acceptors (Lipinski definition) is 2. The lowest BCUT2D eigenvalue weighted by Crippen LogP contribution is -2.28. The van der Waals surface area contributed by atoms with Gasteiger partial charge in [0, 0.05) is 10.9 Å². The van der Waals surface area contributed by atoms with E-state index in [0.717, 1.165) is 16.0 Å². The zero-order valence-corrected chi connectivity index (χ0v) is 13.9. The summed E-state index contributed by atoms with van der Waals surface area (Å²) in [5, 5.41) is -0.130. The number of aryl methyl sites for hydroxylation is 3. The van der Waals surface area contributed by atoms with Crippen LogP contribution in [0.25, 0.3) is 0 Å². The first kappa shape index (κ1) is 15.9. The molecule has 0 amide bonds. The summed E-state index contributed by atoms with van der Waals surface area (Å²) in [5.41, 5.74) is 10.8. The first-order valence-corrected chi connectivity index (χ1v) is 8.41. The Kier molecular flexibility index (Phi) is 4.96. The van der Waals surface area contributed by atoms with E-state index in [2.05, 4.69) is 6.07 Å². The Hall–Kier alpha value is -1.45. The van der Waals surface area contributed by atoms with Crippen LogP contribution in [0.5, 0.6) is 0 Å². The van der Waals surface area contributed by atoms with Crippen molar-refractivity contribution in [1.82, 2.24) is 0 Å². The van der Waals surface area contributed by atoms with Crippen LogP contribution in [0.4, 0.5) is 0 Å². The number of nitrogens with two attached hydrogens (primary N) is 1. The second-order valence-corrected chi connectivity index (χ2v) is 7.49. The minimum Gasteiger partial charge on any atom is -0.323 e. The largest absolute Gasteiger partial charge is 0.323 e. The molecule has 3 unspecified atom stereocenters. The van der Waals surface area contributed by atoms with Crippen molar-refractivity contribution in [2.45, 2.75) is 43.9 Å². The summed E-state index contributed by atoms with van der Waals surface area (Å²) in [6.07, 6.45) is 0. The number of benzene rings is 2. The average Bonchev–Trinajstić information content (AvgIpc) is 2.46. The molecule has 0 saturated carbocycles. The van der Waals surface area contributed by atoms with E-state index in [1.807, 2.05) is 64.1 Å². The molecule has 0 fully saturated rings. The fourth-order valence-electron chi connectivity index (χ4n) is 2.42. The van der Waals surface area contributed by atoms with E-state index in [1.54, 1.807) is 0 Å². The van der Waals surface area contributed by atoms with E-state index >= 15 is 0 Å². The van der Waals surface area contributed by atoms with Crippen LogP contribution < -0.4 is 5.73 Å². The van der Waals surface area contributed by atoms with Gasteiger partial charge in [-0.1, -0.05) is 47.5 Å². The van der Waals surface area contributed by atoms with Crippen LogP contribution in [0.2, 0.25) is 0 Å². The number of hydrogen-bond donors (Lipinski definition) is 1. The topological polar surface area (TPSA) is 43.1 Å². The van der Waals surface area contributed by atoms with Crippen LogP contribution in [0.3, 0.4) is 0 Å². The van der Waals surface area contributed by atoms with Crippen molar-refractivity contribution in [3.63, 3.8) is 0 Å². The highest BCUT2D eigenvalue weighted by atomic mass is 32.2. The first-order valence-electron chi connectivity index (χ1n) is 7.20. The molecule has 0 spiro atoms. The summed E-state index contributed by atoms with van der Waals surface area (Å²) in [4.78, 5) is 0.885. The van der Waals surface area contributed by atoms with Crippen molar-refractivity contribution >= 4 is 10.8 Å². The van der Waals surface area contributed by atoms with Crippen molar-refractivity contribution in [2.24, 2.45) is 5.73 Å². The van der Waals surface area contributed by atoms with E-state index in [-0.39, 0.29) is 11.3 Å². The van der Waals surface area contributed by atoms with E-state index in [9.17, 15) is 4.21 Å². The molecule has 0 bridgehead atoms. The predicted octanol–water partition coefficient (Wildman–Crippen LogP) is 3.81. The van der Waals surface area contributed by atoms with Gasteiger partial charge in [0.1, 0.15) is 0 Å². The molecular weight excluding hydrogens is 278 g/mol. The molecule has 0 saturated heterocycles. The van der Waals surface area contributed by atoms with Crippen molar-refractivity contribution < 1.29 is 4.21 Å². The highest BCUT2D eigenvalue weighted by molar-refractivity contribution is 7.85. The van der Waals surface area contributed by atoms with Crippen LogP contribution in [0.1, 0.15) is 35.2 Å². The van der Waals surface area contributed by atoms with Crippen LogP contribution in [0.15, 0.2) is 47.4 Å². The van der Waals surface area contributed by atoms with Crippen LogP contribution in [-0.4, -0.2) is 9.46 Å². The van der Waals surface area contributed by atoms with Gasteiger partial charge in [0.15, 0.2) is 0 Å². The predicted molar refractivity (Wildman–Crippen MR) is 89.9 cm³/mol. The Bertz CT molecular complexity index is 649. The third-order valence-electron chi connectivity index (χ3n) is 3.85. The molecule has 112 valence electrons. The SMILES string of the molecule is Cc1ccc(C(N)C(C)S(=O)c2ccc(C)cc2C)cc1. The van der Waals surface area contributed by atoms with Crippen molar-refractivity contribution in [3.8, 4) is 0 Å². The summed E-state index contributed by atoms with van der Waals surface area (Å²) in [6.45, 7) is 8.05. The highest BCUT2D eigenvalue weighted by Gasteiger charge is 2.23. The van der Waals surface area contributed by atoms with Gasteiger partial charge < -0.3 is 5.73 Å². The lowest BCUT2D eigenvalue weighted by atomic mass is 10.0. The Morgan fingerprint density at radius 3 is 2.10 bits per heavy atom. The third-order valence-corrected chi connectivity index (χ3v) is 5.71. The maximum absolute atomic E-state index is 12.8. The lowest BCUT2D eigenvalue weighted by Gasteiger charge is -2.21. The molecular formula is C18H23NOS. The van der Waals surface area contributed by atoms with Gasteiger partial charge in [0.25, 0.3) is 0 Å². The van der Waals surface area contributed by atoms with Crippen LogP contribution in [-0.2, 0) is 10.8 Å². The molecule has 3 atom stereocenters. The summed E-state index contributed by atoms with van der Waals surface area (Å²) >= 11 is 0. The fourth-order valence-corrected chi connectivity index (χ4v) is 3.82. The van der Waals surface area contributed by atoms with Gasteiger partial charge in [-0.15, -0.1) is 0 Å². The van der Waals surface area contributed by atoms with Gasteiger partial charge in [-0.25, -0.2) is 0 Å². The maximum Gasteiger partial charge on any atom is 0.0579 e. The minimum absolute atomic E-state index is 0.130. The molecule has 2 N–H and O–H groups in total. The Balaban J connectivity index is 2.24. The molecule has 2 aromatic rings.